The van der Waals surface area contributed by atoms with Crippen LogP contribution in [0.25, 0.3) is 0 Å². The molecule has 1 fully saturated rings. The Morgan fingerprint density at radius 3 is 2.74 bits per heavy atom. The maximum Gasteiger partial charge on any atom is 0.226 e. The number of nitrogens with one attached hydrogen (secondary N) is 2. The average Bonchev–Trinajstić information content (AvgIpc) is 2.88. The molecular formula is C16H29Cl2N3OS. The fourth-order valence-electron chi connectivity index (χ4n) is 2.55. The van der Waals surface area contributed by atoms with Gasteiger partial charge in [0.1, 0.15) is 0 Å². The van der Waals surface area contributed by atoms with Crippen molar-refractivity contribution in [1.82, 2.24) is 15.6 Å². The molecule has 2 rings (SSSR count). The van der Waals surface area contributed by atoms with Crippen molar-refractivity contribution in [3.05, 3.63) is 16.1 Å². The molecule has 0 saturated carbocycles. The van der Waals surface area contributed by atoms with E-state index in [0.717, 1.165) is 36.8 Å². The quantitative estimate of drug-likeness (QED) is 0.821. The fourth-order valence-corrected chi connectivity index (χ4v) is 3.45. The van der Waals surface area contributed by atoms with Gasteiger partial charge in [0.25, 0.3) is 0 Å². The summed E-state index contributed by atoms with van der Waals surface area (Å²) in [5.41, 5.74) is 0.953. The van der Waals surface area contributed by atoms with E-state index in [4.69, 9.17) is 0 Å². The lowest BCUT2D eigenvalue weighted by Crippen LogP contribution is -2.33. The van der Waals surface area contributed by atoms with Gasteiger partial charge in [0.2, 0.25) is 5.91 Å². The Labute approximate surface area is 156 Å². The largest absolute Gasteiger partial charge is 0.356 e. The standard InChI is InChI=1S/C16H27N3OS.2ClH/c1-16(2,3)15-19-13(11-21-15)9-14(20)18-8-6-12-5-4-7-17-10-12;;/h11-12,17H,4-10H2,1-3H3,(H,18,20);2*1H. The molecule has 1 atom stereocenters. The van der Waals surface area contributed by atoms with Crippen molar-refractivity contribution in [3.8, 4) is 0 Å². The highest BCUT2D eigenvalue weighted by Crippen LogP contribution is 2.25. The molecule has 134 valence electrons. The third-order valence-corrected chi connectivity index (χ3v) is 5.13. The summed E-state index contributed by atoms with van der Waals surface area (Å²) in [5, 5.41) is 9.53. The average molecular weight is 382 g/mol. The fraction of sp³-hybridized carbons (Fsp3) is 0.750. The maximum absolute atomic E-state index is 12.0. The summed E-state index contributed by atoms with van der Waals surface area (Å²) < 4.78 is 0. The number of piperidine rings is 1. The molecule has 1 aliphatic heterocycles. The number of nitrogens with zero attached hydrogens (tertiary/aromatic N) is 1. The number of hydrogen-bond donors (Lipinski definition) is 2. The van der Waals surface area contributed by atoms with Crippen LogP contribution in [0.1, 0.15) is 50.7 Å². The first-order chi connectivity index (χ1) is 9.95. The molecule has 2 heterocycles. The third kappa shape index (κ3) is 7.84. The first kappa shape index (κ1) is 22.6. The van der Waals surface area contributed by atoms with Gasteiger partial charge >= 0.3 is 0 Å². The van der Waals surface area contributed by atoms with Crippen LogP contribution in [0, 0.1) is 5.92 Å². The Bertz CT molecular complexity index is 468. The Hall–Kier alpha value is -0.360. The van der Waals surface area contributed by atoms with Gasteiger partial charge in [-0.2, -0.15) is 0 Å². The van der Waals surface area contributed by atoms with Gasteiger partial charge in [0.15, 0.2) is 0 Å². The summed E-state index contributed by atoms with van der Waals surface area (Å²) in [6.07, 6.45) is 4.01. The molecule has 1 aromatic rings. The van der Waals surface area contributed by atoms with Crippen molar-refractivity contribution in [2.75, 3.05) is 19.6 Å². The van der Waals surface area contributed by atoms with E-state index in [9.17, 15) is 4.79 Å². The molecule has 2 N–H and O–H groups in total. The highest BCUT2D eigenvalue weighted by atomic mass is 35.5. The Kier molecular flexibility index (Phi) is 10.3. The van der Waals surface area contributed by atoms with Crippen molar-refractivity contribution in [2.24, 2.45) is 5.92 Å². The lowest BCUT2D eigenvalue weighted by atomic mass is 9.96. The van der Waals surface area contributed by atoms with Crippen LogP contribution in [-0.2, 0) is 16.6 Å². The second-order valence-corrected chi connectivity index (χ2v) is 7.78. The predicted octanol–water partition coefficient (Wildman–Crippen LogP) is 3.33. The molecular weight excluding hydrogens is 353 g/mol. The molecule has 1 aromatic heterocycles. The van der Waals surface area contributed by atoms with Crippen LogP contribution < -0.4 is 10.6 Å². The molecule has 0 spiro atoms. The number of thiazole rings is 1. The van der Waals surface area contributed by atoms with Crippen molar-refractivity contribution >= 4 is 42.1 Å². The highest BCUT2D eigenvalue weighted by molar-refractivity contribution is 7.09. The van der Waals surface area contributed by atoms with Gasteiger partial charge < -0.3 is 10.6 Å². The van der Waals surface area contributed by atoms with Gasteiger partial charge in [-0.15, -0.1) is 36.2 Å². The summed E-state index contributed by atoms with van der Waals surface area (Å²) in [6.45, 7) is 9.46. The van der Waals surface area contributed by atoms with Crippen molar-refractivity contribution in [3.63, 3.8) is 0 Å². The minimum atomic E-state index is 0. The summed E-state index contributed by atoms with van der Waals surface area (Å²) >= 11 is 1.65. The number of aromatic nitrogens is 1. The summed E-state index contributed by atoms with van der Waals surface area (Å²) in [5.74, 6) is 0.801. The molecule has 1 unspecified atom stereocenters. The molecule has 0 aromatic carbocycles. The van der Waals surface area contributed by atoms with Gasteiger partial charge in [-0.05, 0) is 38.3 Å². The van der Waals surface area contributed by atoms with E-state index in [1.165, 1.54) is 12.8 Å². The summed E-state index contributed by atoms with van der Waals surface area (Å²) in [6, 6.07) is 0. The van der Waals surface area contributed by atoms with Crippen LogP contribution in [0.15, 0.2) is 5.38 Å². The van der Waals surface area contributed by atoms with Crippen molar-refractivity contribution < 1.29 is 4.79 Å². The molecule has 1 saturated heterocycles. The minimum absolute atomic E-state index is 0. The summed E-state index contributed by atoms with van der Waals surface area (Å²) in [7, 11) is 0. The van der Waals surface area contributed by atoms with Crippen molar-refractivity contribution in [1.29, 1.82) is 0 Å². The number of carbonyl (C=O) groups is 1. The highest BCUT2D eigenvalue weighted by Gasteiger charge is 2.19. The second kappa shape index (κ2) is 10.5. The Morgan fingerprint density at radius 2 is 2.17 bits per heavy atom. The normalized spacial score (nSPS) is 17.8. The first-order valence-corrected chi connectivity index (χ1v) is 8.75. The Morgan fingerprint density at radius 1 is 1.43 bits per heavy atom. The topological polar surface area (TPSA) is 54.0 Å². The van der Waals surface area contributed by atoms with E-state index >= 15 is 0 Å². The van der Waals surface area contributed by atoms with Gasteiger partial charge in [0.05, 0.1) is 17.1 Å². The molecule has 0 radical (unpaired) electrons. The van der Waals surface area contributed by atoms with E-state index in [2.05, 4.69) is 36.4 Å². The molecule has 1 aliphatic rings. The van der Waals surface area contributed by atoms with Crippen LogP contribution in [0.5, 0.6) is 0 Å². The number of halogens is 2. The van der Waals surface area contributed by atoms with Gasteiger partial charge in [-0.1, -0.05) is 20.8 Å². The van der Waals surface area contributed by atoms with Crippen LogP contribution in [0.3, 0.4) is 0 Å². The lowest BCUT2D eigenvalue weighted by Gasteiger charge is -2.22. The number of carbonyl (C=O) groups excluding carboxylic acids is 1. The van der Waals surface area contributed by atoms with E-state index < -0.39 is 0 Å². The zero-order chi connectivity index (χ0) is 15.3. The van der Waals surface area contributed by atoms with Gasteiger partial charge in [0, 0.05) is 17.3 Å². The van der Waals surface area contributed by atoms with E-state index in [-0.39, 0.29) is 36.1 Å². The van der Waals surface area contributed by atoms with Gasteiger partial charge in [-0.3, -0.25) is 4.79 Å². The SMILES string of the molecule is CC(C)(C)c1nc(CC(=O)NCCC2CCCNC2)cs1.Cl.Cl. The monoisotopic (exact) mass is 381 g/mol. The van der Waals surface area contributed by atoms with Gasteiger partial charge in [-0.25, -0.2) is 4.98 Å². The van der Waals surface area contributed by atoms with E-state index in [0.29, 0.717) is 12.3 Å². The zero-order valence-electron chi connectivity index (χ0n) is 14.2. The smallest absolute Gasteiger partial charge is 0.226 e. The lowest BCUT2D eigenvalue weighted by molar-refractivity contribution is -0.120. The molecule has 0 aliphatic carbocycles. The van der Waals surface area contributed by atoms with E-state index in [1.807, 2.05) is 5.38 Å². The van der Waals surface area contributed by atoms with Crippen LogP contribution in [0.2, 0.25) is 0 Å². The van der Waals surface area contributed by atoms with Crippen LogP contribution in [0.4, 0.5) is 0 Å². The molecule has 4 nitrogen and oxygen atoms in total. The molecule has 1 amide bonds. The molecule has 7 heteroatoms. The Balaban J connectivity index is 0.00000242. The van der Waals surface area contributed by atoms with Crippen LogP contribution in [-0.4, -0.2) is 30.5 Å². The van der Waals surface area contributed by atoms with E-state index in [1.54, 1.807) is 11.3 Å². The second-order valence-electron chi connectivity index (χ2n) is 6.92. The number of hydrogen-bond acceptors (Lipinski definition) is 4. The first-order valence-electron chi connectivity index (χ1n) is 7.87. The molecule has 23 heavy (non-hydrogen) atoms. The third-order valence-electron chi connectivity index (χ3n) is 3.81. The maximum atomic E-state index is 12.0. The number of rotatable bonds is 5. The van der Waals surface area contributed by atoms with Crippen molar-refractivity contribution in [2.45, 2.75) is 51.9 Å². The molecule has 0 bridgehead atoms. The van der Waals surface area contributed by atoms with Crippen LogP contribution >= 0.6 is 36.2 Å². The number of amides is 1. The summed E-state index contributed by atoms with van der Waals surface area (Å²) in [4.78, 5) is 16.5. The minimum Gasteiger partial charge on any atom is -0.356 e. The zero-order valence-corrected chi connectivity index (χ0v) is 16.6. The predicted molar refractivity (Wildman–Crippen MR) is 102 cm³/mol.